The number of aliphatic carboxylic acids is 1. The summed E-state index contributed by atoms with van der Waals surface area (Å²) in [7, 11) is 0. The molecular weight excluding hydrogens is 248 g/mol. The average Bonchev–Trinajstić information content (AvgIpc) is 2.73. The molecule has 0 bridgehead atoms. The van der Waals surface area contributed by atoms with Crippen molar-refractivity contribution in [1.82, 2.24) is 4.98 Å². The van der Waals surface area contributed by atoms with Gasteiger partial charge in [-0.05, 0) is 0 Å². The molecular formula is C9H10N2O5S. The quantitative estimate of drug-likeness (QED) is 0.680. The average molecular weight is 258 g/mol. The molecule has 1 aromatic heterocycles. The maximum atomic E-state index is 11.1. The zero-order valence-electron chi connectivity index (χ0n) is 8.62. The van der Waals surface area contributed by atoms with Gasteiger partial charge in [0.2, 0.25) is 0 Å². The smallest absolute Gasteiger partial charge is 0.413 e. The van der Waals surface area contributed by atoms with Gasteiger partial charge in [0, 0.05) is 5.38 Å². The van der Waals surface area contributed by atoms with Crippen molar-refractivity contribution in [2.24, 2.45) is 0 Å². The van der Waals surface area contributed by atoms with Crippen LogP contribution in [0, 0.1) is 0 Å². The Morgan fingerprint density at radius 3 is 3.00 bits per heavy atom. The van der Waals surface area contributed by atoms with Crippen molar-refractivity contribution in [2.75, 3.05) is 11.9 Å². The third-order valence-corrected chi connectivity index (χ3v) is 2.35. The molecule has 92 valence electrons. The number of amides is 1. The van der Waals surface area contributed by atoms with Crippen LogP contribution in [0.5, 0.6) is 0 Å². The molecule has 0 aliphatic rings. The Kier molecular flexibility index (Phi) is 4.61. The molecule has 3 N–H and O–H groups in total. The molecule has 1 aromatic rings. The highest BCUT2D eigenvalue weighted by molar-refractivity contribution is 7.13. The lowest BCUT2D eigenvalue weighted by Gasteiger charge is -2.01. The zero-order valence-corrected chi connectivity index (χ0v) is 9.44. The number of carbonyl (C=O) groups is 2. The number of rotatable bonds is 5. The highest BCUT2D eigenvalue weighted by Crippen LogP contribution is 2.20. The molecule has 1 atom stereocenters. The summed E-state index contributed by atoms with van der Waals surface area (Å²) in [5.41, 5.74) is -0.0403. The molecule has 0 saturated carbocycles. The number of carboxylic acid groups (broad SMARTS) is 1. The normalized spacial score (nSPS) is 11.6. The number of aromatic nitrogens is 1. The van der Waals surface area contributed by atoms with E-state index < -0.39 is 18.2 Å². The molecule has 0 radical (unpaired) electrons. The van der Waals surface area contributed by atoms with E-state index in [9.17, 15) is 14.7 Å². The van der Waals surface area contributed by atoms with Crippen molar-refractivity contribution in [3.63, 3.8) is 0 Å². The van der Waals surface area contributed by atoms with Crippen molar-refractivity contribution in [3.8, 4) is 0 Å². The van der Waals surface area contributed by atoms with Crippen LogP contribution in [-0.2, 0) is 9.53 Å². The van der Waals surface area contributed by atoms with Gasteiger partial charge in [-0.1, -0.05) is 12.7 Å². The Hall–Kier alpha value is -1.93. The predicted molar refractivity (Wildman–Crippen MR) is 59.9 cm³/mol. The molecule has 0 aliphatic carbocycles. The number of aliphatic hydroxyl groups is 1. The van der Waals surface area contributed by atoms with E-state index in [0.717, 1.165) is 11.3 Å². The van der Waals surface area contributed by atoms with E-state index in [1.165, 1.54) is 11.5 Å². The van der Waals surface area contributed by atoms with Crippen LogP contribution in [0.4, 0.5) is 9.93 Å². The van der Waals surface area contributed by atoms with E-state index in [0.29, 0.717) is 0 Å². The topological polar surface area (TPSA) is 109 Å². The first-order valence-corrected chi connectivity index (χ1v) is 5.33. The molecule has 17 heavy (non-hydrogen) atoms. The Morgan fingerprint density at radius 2 is 2.41 bits per heavy atom. The van der Waals surface area contributed by atoms with Gasteiger partial charge in [0.25, 0.3) is 0 Å². The first-order chi connectivity index (χ1) is 8.04. The lowest BCUT2D eigenvalue weighted by molar-refractivity contribution is -0.147. The van der Waals surface area contributed by atoms with Crippen LogP contribution < -0.4 is 5.32 Å². The summed E-state index contributed by atoms with van der Waals surface area (Å²) in [5.74, 6) is -1.41. The number of ether oxygens (including phenoxy) is 1. The van der Waals surface area contributed by atoms with Crippen LogP contribution >= 0.6 is 11.3 Å². The maximum Gasteiger partial charge on any atom is 0.413 e. The van der Waals surface area contributed by atoms with Crippen LogP contribution in [0.15, 0.2) is 18.0 Å². The summed E-state index contributed by atoms with van der Waals surface area (Å²) in [5, 5.41) is 21.5. The van der Waals surface area contributed by atoms with Crippen molar-refractivity contribution >= 4 is 28.5 Å². The van der Waals surface area contributed by atoms with E-state index in [4.69, 9.17) is 5.11 Å². The number of thiazole rings is 1. The molecule has 0 spiro atoms. The lowest BCUT2D eigenvalue weighted by Crippen LogP contribution is -2.14. The van der Waals surface area contributed by atoms with Gasteiger partial charge >= 0.3 is 12.1 Å². The third-order valence-electron chi connectivity index (χ3n) is 1.58. The van der Waals surface area contributed by atoms with Crippen molar-refractivity contribution < 1.29 is 24.5 Å². The molecule has 0 aliphatic heterocycles. The molecule has 1 rings (SSSR count). The van der Waals surface area contributed by atoms with Crippen LogP contribution in [0.1, 0.15) is 11.8 Å². The first-order valence-electron chi connectivity index (χ1n) is 4.45. The van der Waals surface area contributed by atoms with E-state index in [1.807, 2.05) is 0 Å². The van der Waals surface area contributed by atoms with Crippen molar-refractivity contribution in [2.45, 2.75) is 6.10 Å². The minimum Gasteiger partial charge on any atom is -0.479 e. The maximum absolute atomic E-state index is 11.1. The Morgan fingerprint density at radius 1 is 1.71 bits per heavy atom. The number of anilines is 1. The molecule has 0 saturated heterocycles. The number of aliphatic hydroxyl groups excluding tert-OH is 1. The summed E-state index contributed by atoms with van der Waals surface area (Å²) in [4.78, 5) is 25.3. The van der Waals surface area contributed by atoms with Gasteiger partial charge < -0.3 is 14.9 Å². The number of nitrogens with one attached hydrogen (secondary N) is 1. The van der Waals surface area contributed by atoms with Gasteiger partial charge in [-0.3, -0.25) is 5.32 Å². The number of hydrogen-bond donors (Lipinski definition) is 3. The monoisotopic (exact) mass is 258 g/mol. The van der Waals surface area contributed by atoms with E-state index in [1.54, 1.807) is 0 Å². The number of nitrogens with zero attached hydrogens (tertiary/aromatic N) is 1. The highest BCUT2D eigenvalue weighted by atomic mass is 32.1. The van der Waals surface area contributed by atoms with Gasteiger partial charge in [0.05, 0.1) is 5.69 Å². The van der Waals surface area contributed by atoms with E-state index in [2.05, 4.69) is 21.6 Å². The fourth-order valence-corrected chi connectivity index (χ4v) is 1.57. The second-order valence-electron chi connectivity index (χ2n) is 2.83. The Bertz CT molecular complexity index is 431. The molecule has 1 unspecified atom stereocenters. The van der Waals surface area contributed by atoms with Gasteiger partial charge in [0.1, 0.15) is 6.61 Å². The minimum absolute atomic E-state index is 0.0403. The zero-order chi connectivity index (χ0) is 12.8. The van der Waals surface area contributed by atoms with Crippen LogP contribution in [0.3, 0.4) is 0 Å². The second-order valence-corrected chi connectivity index (χ2v) is 3.69. The number of carbonyl (C=O) groups excluding carboxylic acids is 1. The molecule has 1 amide bonds. The van der Waals surface area contributed by atoms with Crippen molar-refractivity contribution in [1.29, 1.82) is 0 Å². The summed E-state index contributed by atoms with van der Waals surface area (Å²) in [6, 6.07) is 0. The summed E-state index contributed by atoms with van der Waals surface area (Å²) >= 11 is 0.985. The fourth-order valence-electron chi connectivity index (χ4n) is 0.854. The SMILES string of the molecule is C=CCOC(=O)Nc1nc(C(O)C(=O)O)cs1. The fraction of sp³-hybridized carbons (Fsp3) is 0.222. The Labute approximate surface area is 100 Å². The molecule has 0 fully saturated rings. The largest absolute Gasteiger partial charge is 0.479 e. The van der Waals surface area contributed by atoms with Crippen molar-refractivity contribution in [3.05, 3.63) is 23.7 Å². The number of carboxylic acids is 1. The van der Waals surface area contributed by atoms with Gasteiger partial charge in [-0.25, -0.2) is 14.6 Å². The highest BCUT2D eigenvalue weighted by Gasteiger charge is 2.19. The molecule has 7 nitrogen and oxygen atoms in total. The van der Waals surface area contributed by atoms with Crippen LogP contribution in [0.25, 0.3) is 0 Å². The van der Waals surface area contributed by atoms with Gasteiger partial charge in [-0.2, -0.15) is 0 Å². The van der Waals surface area contributed by atoms with E-state index >= 15 is 0 Å². The summed E-state index contributed by atoms with van der Waals surface area (Å²) < 4.78 is 4.63. The van der Waals surface area contributed by atoms with Crippen LogP contribution in [0.2, 0.25) is 0 Å². The molecule has 0 aromatic carbocycles. The van der Waals surface area contributed by atoms with Crippen LogP contribution in [-0.4, -0.2) is 33.9 Å². The second kappa shape index (κ2) is 5.97. The summed E-state index contributed by atoms with van der Waals surface area (Å²) in [6.07, 6.45) is -1.03. The van der Waals surface area contributed by atoms with E-state index in [-0.39, 0.29) is 17.4 Å². The lowest BCUT2D eigenvalue weighted by atomic mass is 10.3. The molecule has 8 heteroatoms. The number of hydrogen-bond acceptors (Lipinski definition) is 6. The molecule has 1 heterocycles. The van der Waals surface area contributed by atoms with Gasteiger partial charge in [-0.15, -0.1) is 11.3 Å². The first kappa shape index (κ1) is 13.1. The standard InChI is InChI=1S/C9H10N2O5S/c1-2-3-16-9(15)11-8-10-5(4-17-8)6(12)7(13)14/h2,4,6,12H,1,3H2,(H,13,14)(H,10,11,15). The third kappa shape index (κ3) is 3.85. The van der Waals surface area contributed by atoms with Gasteiger partial charge in [0.15, 0.2) is 11.2 Å². The Balaban J connectivity index is 2.59. The predicted octanol–water partition coefficient (Wildman–Crippen LogP) is 0.996. The minimum atomic E-state index is -1.70. The summed E-state index contributed by atoms with van der Waals surface area (Å²) in [6.45, 7) is 3.43.